The van der Waals surface area contributed by atoms with Crippen LogP contribution >= 0.6 is 0 Å². The minimum atomic E-state index is -2.96. The van der Waals surface area contributed by atoms with Gasteiger partial charge in [-0.2, -0.15) is 8.78 Å². The molecule has 0 saturated carbocycles. The summed E-state index contributed by atoms with van der Waals surface area (Å²) in [4.78, 5) is 27.0. The number of carboxylic acids is 1. The van der Waals surface area contributed by atoms with Crippen LogP contribution in [-0.4, -0.2) is 72.7 Å². The van der Waals surface area contributed by atoms with Crippen molar-refractivity contribution >= 4 is 17.6 Å². The van der Waals surface area contributed by atoms with E-state index in [0.717, 1.165) is 25.8 Å². The number of anilines is 1. The zero-order valence-corrected chi connectivity index (χ0v) is 15.2. The molecule has 1 saturated heterocycles. The summed E-state index contributed by atoms with van der Waals surface area (Å²) in [5.74, 6) is -1.24. The Morgan fingerprint density at radius 2 is 2.07 bits per heavy atom. The molecule has 1 unspecified atom stereocenters. The molecule has 1 heterocycles. The molecule has 0 aliphatic carbocycles. The van der Waals surface area contributed by atoms with Crippen molar-refractivity contribution in [2.45, 2.75) is 31.9 Å². The normalized spacial score (nSPS) is 18.3. The summed E-state index contributed by atoms with van der Waals surface area (Å²) in [5.41, 5.74) is 0.205. The molecule has 9 heteroatoms. The molecule has 1 aromatic rings. The third kappa shape index (κ3) is 7.10. The molecule has 0 bridgehead atoms. The van der Waals surface area contributed by atoms with Crippen LogP contribution in [-0.2, 0) is 9.59 Å². The largest absolute Gasteiger partial charge is 0.480 e. The highest BCUT2D eigenvalue weighted by molar-refractivity contribution is 5.93. The van der Waals surface area contributed by atoms with E-state index in [4.69, 9.17) is 5.11 Å². The number of aliphatic carboxylic acids is 1. The quantitative estimate of drug-likeness (QED) is 0.713. The molecule has 0 spiro atoms. The Morgan fingerprint density at radius 1 is 1.33 bits per heavy atom. The summed E-state index contributed by atoms with van der Waals surface area (Å²) in [5, 5.41) is 11.5. The van der Waals surface area contributed by atoms with Gasteiger partial charge in [-0.1, -0.05) is 12.1 Å². The number of para-hydroxylation sites is 2. The van der Waals surface area contributed by atoms with E-state index in [1.807, 2.05) is 9.80 Å². The minimum absolute atomic E-state index is 0.00786. The summed E-state index contributed by atoms with van der Waals surface area (Å²) in [7, 11) is 1.79. The molecular weight excluding hydrogens is 360 g/mol. The number of halogens is 2. The van der Waals surface area contributed by atoms with Crippen molar-refractivity contribution in [2.75, 3.05) is 38.5 Å². The first-order valence-corrected chi connectivity index (χ1v) is 8.83. The standard InChI is InChI=1S/C18H25F2N3O4/c1-22(12-17(25)26)13-5-4-9-23(10-8-13)11-16(24)21-14-6-2-3-7-15(14)27-18(19)20/h2-3,6-7,13,18H,4-5,8-12H2,1H3,(H,21,24)(H,25,26). The maximum Gasteiger partial charge on any atom is 0.387 e. The van der Waals surface area contributed by atoms with Crippen molar-refractivity contribution < 1.29 is 28.2 Å². The number of nitrogens with one attached hydrogen (secondary N) is 1. The number of carboxylic acid groups (broad SMARTS) is 1. The lowest BCUT2D eigenvalue weighted by molar-refractivity contribution is -0.138. The van der Waals surface area contributed by atoms with E-state index in [1.165, 1.54) is 12.1 Å². The lowest BCUT2D eigenvalue weighted by atomic mass is 10.1. The summed E-state index contributed by atoms with van der Waals surface area (Å²) in [6, 6.07) is 6.22. The topological polar surface area (TPSA) is 82.1 Å². The molecule has 0 radical (unpaired) electrons. The third-order valence-electron chi connectivity index (χ3n) is 4.54. The molecule has 1 aromatic carbocycles. The van der Waals surface area contributed by atoms with E-state index >= 15 is 0 Å². The highest BCUT2D eigenvalue weighted by Crippen LogP contribution is 2.25. The molecule has 1 aliphatic heterocycles. The van der Waals surface area contributed by atoms with Crippen LogP contribution in [0.1, 0.15) is 19.3 Å². The van der Waals surface area contributed by atoms with Crippen molar-refractivity contribution in [1.29, 1.82) is 0 Å². The van der Waals surface area contributed by atoms with Gasteiger partial charge in [0.2, 0.25) is 5.91 Å². The van der Waals surface area contributed by atoms with E-state index in [2.05, 4.69) is 10.1 Å². The number of ether oxygens (including phenoxy) is 1. The fraction of sp³-hybridized carbons (Fsp3) is 0.556. The van der Waals surface area contributed by atoms with Gasteiger partial charge in [-0.25, -0.2) is 0 Å². The van der Waals surface area contributed by atoms with E-state index < -0.39 is 12.6 Å². The molecular formula is C18H25F2N3O4. The number of carbonyl (C=O) groups is 2. The summed E-state index contributed by atoms with van der Waals surface area (Å²) in [6.07, 6.45) is 2.49. The number of benzene rings is 1. The predicted octanol–water partition coefficient (Wildman–Crippen LogP) is 2.10. The first-order chi connectivity index (χ1) is 12.8. The van der Waals surface area contributed by atoms with Crippen LogP contribution in [0.15, 0.2) is 24.3 Å². The van der Waals surface area contributed by atoms with E-state index in [-0.39, 0.29) is 36.5 Å². The Hall–Kier alpha value is -2.26. The second-order valence-electron chi connectivity index (χ2n) is 6.59. The van der Waals surface area contributed by atoms with Crippen LogP contribution in [0, 0.1) is 0 Å². The summed E-state index contributed by atoms with van der Waals surface area (Å²) < 4.78 is 29.3. The number of nitrogens with zero attached hydrogens (tertiary/aromatic N) is 2. The molecule has 1 amide bonds. The fourth-order valence-corrected chi connectivity index (χ4v) is 3.24. The Kier molecular flexibility index (Phi) is 7.93. The zero-order chi connectivity index (χ0) is 19.8. The molecule has 0 aromatic heterocycles. The van der Waals surface area contributed by atoms with Crippen molar-refractivity contribution in [2.24, 2.45) is 0 Å². The zero-order valence-electron chi connectivity index (χ0n) is 15.2. The molecule has 2 N–H and O–H groups in total. The van der Waals surface area contributed by atoms with Crippen molar-refractivity contribution in [1.82, 2.24) is 9.80 Å². The second-order valence-corrected chi connectivity index (χ2v) is 6.59. The van der Waals surface area contributed by atoms with E-state index in [0.29, 0.717) is 6.54 Å². The Bertz CT molecular complexity index is 645. The number of likely N-dealkylation sites (tertiary alicyclic amines) is 1. The fourth-order valence-electron chi connectivity index (χ4n) is 3.24. The van der Waals surface area contributed by atoms with E-state index in [9.17, 15) is 18.4 Å². The lowest BCUT2D eigenvalue weighted by Crippen LogP contribution is -2.37. The number of hydrogen-bond donors (Lipinski definition) is 2. The minimum Gasteiger partial charge on any atom is -0.480 e. The van der Waals surface area contributed by atoms with Crippen molar-refractivity contribution in [3.8, 4) is 5.75 Å². The first-order valence-electron chi connectivity index (χ1n) is 8.83. The van der Waals surface area contributed by atoms with Crippen LogP contribution in [0.25, 0.3) is 0 Å². The second kappa shape index (κ2) is 10.2. The van der Waals surface area contributed by atoms with Gasteiger partial charge in [0, 0.05) is 12.6 Å². The molecule has 7 nitrogen and oxygen atoms in total. The smallest absolute Gasteiger partial charge is 0.387 e. The molecule has 1 atom stereocenters. The molecule has 1 aliphatic rings. The predicted molar refractivity (Wildman–Crippen MR) is 96.0 cm³/mol. The number of likely N-dealkylation sites (N-methyl/N-ethyl adjacent to an activating group) is 1. The van der Waals surface area contributed by atoms with Gasteiger partial charge in [-0.15, -0.1) is 0 Å². The van der Waals surface area contributed by atoms with Gasteiger partial charge >= 0.3 is 12.6 Å². The number of alkyl halides is 2. The monoisotopic (exact) mass is 385 g/mol. The molecule has 1 fully saturated rings. The van der Waals surface area contributed by atoms with Gasteiger partial charge < -0.3 is 15.2 Å². The van der Waals surface area contributed by atoms with Crippen LogP contribution in [0.5, 0.6) is 5.75 Å². The first kappa shape index (κ1) is 21.0. The van der Waals surface area contributed by atoms with Crippen molar-refractivity contribution in [3.05, 3.63) is 24.3 Å². The Labute approximate surface area is 156 Å². The van der Waals surface area contributed by atoms with Crippen LogP contribution in [0.4, 0.5) is 14.5 Å². The van der Waals surface area contributed by atoms with Crippen LogP contribution < -0.4 is 10.1 Å². The Morgan fingerprint density at radius 3 is 2.78 bits per heavy atom. The molecule has 27 heavy (non-hydrogen) atoms. The van der Waals surface area contributed by atoms with Crippen molar-refractivity contribution in [3.63, 3.8) is 0 Å². The number of rotatable bonds is 8. The maximum absolute atomic E-state index is 12.5. The average molecular weight is 385 g/mol. The van der Waals surface area contributed by atoms with E-state index in [1.54, 1.807) is 19.2 Å². The van der Waals surface area contributed by atoms with Crippen LogP contribution in [0.2, 0.25) is 0 Å². The van der Waals surface area contributed by atoms with Gasteiger partial charge in [0.15, 0.2) is 0 Å². The van der Waals surface area contributed by atoms with Gasteiger partial charge in [0.25, 0.3) is 0 Å². The van der Waals surface area contributed by atoms with Gasteiger partial charge in [0.05, 0.1) is 18.8 Å². The lowest BCUT2D eigenvalue weighted by Gasteiger charge is -2.25. The summed E-state index contributed by atoms with van der Waals surface area (Å²) >= 11 is 0. The number of hydrogen-bond acceptors (Lipinski definition) is 5. The number of amides is 1. The van der Waals surface area contributed by atoms with Gasteiger partial charge in [-0.3, -0.25) is 19.4 Å². The van der Waals surface area contributed by atoms with Gasteiger partial charge in [-0.05, 0) is 45.0 Å². The third-order valence-corrected chi connectivity index (χ3v) is 4.54. The highest BCUT2D eigenvalue weighted by Gasteiger charge is 2.23. The van der Waals surface area contributed by atoms with Crippen LogP contribution in [0.3, 0.4) is 0 Å². The Balaban J connectivity index is 1.87. The van der Waals surface area contributed by atoms with Gasteiger partial charge in [0.1, 0.15) is 5.75 Å². The SMILES string of the molecule is CN(CC(=O)O)C1CCCN(CC(=O)Nc2ccccc2OC(F)F)CC1. The average Bonchev–Trinajstić information content (AvgIpc) is 2.81. The maximum atomic E-state index is 12.5. The highest BCUT2D eigenvalue weighted by atomic mass is 19.3. The molecule has 150 valence electrons. The summed E-state index contributed by atoms with van der Waals surface area (Å²) in [6.45, 7) is -1.45. The molecule has 2 rings (SSSR count). The number of carbonyl (C=O) groups excluding carboxylic acids is 1.